The quantitative estimate of drug-likeness (QED) is 0.482. The summed E-state index contributed by atoms with van der Waals surface area (Å²) >= 11 is 12.0. The zero-order chi connectivity index (χ0) is 15.2. The van der Waals surface area contributed by atoms with E-state index in [1.54, 1.807) is 45.0 Å². The minimum absolute atomic E-state index is 0.211. The second-order valence-electron chi connectivity index (χ2n) is 3.65. The van der Waals surface area contributed by atoms with Crippen LogP contribution in [0.1, 0.15) is 26.3 Å². The van der Waals surface area contributed by atoms with Crippen molar-refractivity contribution >= 4 is 36.8 Å². The van der Waals surface area contributed by atoms with Gasteiger partial charge in [0.1, 0.15) is 5.76 Å². The van der Waals surface area contributed by atoms with E-state index in [0.29, 0.717) is 21.4 Å². The number of rotatable bonds is 7. The first-order valence-corrected chi connectivity index (χ1v) is 8.37. The molecule has 1 aromatic rings. The van der Waals surface area contributed by atoms with E-state index in [1.807, 2.05) is 0 Å². The van der Waals surface area contributed by atoms with Crippen molar-refractivity contribution in [1.29, 1.82) is 0 Å². The third-order valence-corrected chi connectivity index (χ3v) is 4.36. The molecule has 1 aromatic carbocycles. The minimum atomic E-state index is -3.65. The fourth-order valence-electron chi connectivity index (χ4n) is 1.47. The van der Waals surface area contributed by atoms with Gasteiger partial charge in [0.2, 0.25) is 0 Å². The standard InChI is InChI=1S/C13H17Cl2O4P/c1-4-13(11-8-7-10(14)9-12(11)15)19-20(16,17-5-2)18-6-3/h4,7-9H,5-6H2,1-3H3/b13-4+. The molecular formula is C13H17Cl2O4P. The molecule has 7 heteroatoms. The Labute approximate surface area is 129 Å². The lowest BCUT2D eigenvalue weighted by Crippen LogP contribution is -2.00. The molecule has 0 atom stereocenters. The molecule has 0 saturated heterocycles. The van der Waals surface area contributed by atoms with E-state index in [0.717, 1.165) is 0 Å². The van der Waals surface area contributed by atoms with Gasteiger partial charge >= 0.3 is 7.82 Å². The van der Waals surface area contributed by atoms with Gasteiger partial charge in [0.15, 0.2) is 0 Å². The van der Waals surface area contributed by atoms with Crippen molar-refractivity contribution in [3.8, 4) is 0 Å². The minimum Gasteiger partial charge on any atom is -0.404 e. The first-order valence-electron chi connectivity index (χ1n) is 6.16. The number of allylic oxidation sites excluding steroid dienone is 1. The van der Waals surface area contributed by atoms with Gasteiger partial charge in [-0.1, -0.05) is 23.2 Å². The van der Waals surface area contributed by atoms with E-state index >= 15 is 0 Å². The fraction of sp³-hybridized carbons (Fsp3) is 0.385. The average Bonchev–Trinajstić information content (AvgIpc) is 2.37. The first kappa shape index (κ1) is 17.5. The molecule has 112 valence electrons. The molecule has 0 aromatic heterocycles. The van der Waals surface area contributed by atoms with Crippen molar-refractivity contribution in [3.05, 3.63) is 39.9 Å². The summed E-state index contributed by atoms with van der Waals surface area (Å²) in [4.78, 5) is 0. The number of hydrogen-bond acceptors (Lipinski definition) is 4. The van der Waals surface area contributed by atoms with Gasteiger partial charge in [-0.15, -0.1) is 0 Å². The van der Waals surface area contributed by atoms with Crippen LogP contribution in [0.2, 0.25) is 10.0 Å². The van der Waals surface area contributed by atoms with Crippen molar-refractivity contribution < 1.29 is 18.1 Å². The Hall–Kier alpha value is -0.510. The summed E-state index contributed by atoms with van der Waals surface area (Å²) in [5.41, 5.74) is 0.568. The van der Waals surface area contributed by atoms with Gasteiger partial charge in [-0.25, -0.2) is 4.57 Å². The summed E-state index contributed by atoms with van der Waals surface area (Å²) in [5, 5.41) is 0.900. The Morgan fingerprint density at radius 1 is 1.25 bits per heavy atom. The SMILES string of the molecule is C/C=C(/OP(=O)(OCC)OCC)c1ccc(Cl)cc1Cl. The van der Waals surface area contributed by atoms with Crippen LogP contribution in [0.25, 0.3) is 5.76 Å². The Kier molecular flexibility index (Phi) is 7.07. The normalized spacial score (nSPS) is 12.6. The molecule has 0 N–H and O–H groups in total. The van der Waals surface area contributed by atoms with Crippen molar-refractivity contribution in [2.24, 2.45) is 0 Å². The smallest absolute Gasteiger partial charge is 0.404 e. The maximum Gasteiger partial charge on any atom is 0.530 e. The lowest BCUT2D eigenvalue weighted by molar-refractivity contribution is 0.159. The Bertz CT molecular complexity index is 521. The number of phosphoric ester groups is 1. The van der Waals surface area contributed by atoms with E-state index in [2.05, 4.69) is 0 Å². The highest BCUT2D eigenvalue weighted by Crippen LogP contribution is 2.53. The summed E-state index contributed by atoms with van der Waals surface area (Å²) < 4.78 is 28.0. The molecule has 0 aliphatic heterocycles. The molecule has 0 aliphatic rings. The average molecular weight is 339 g/mol. The molecule has 0 saturated carbocycles. The number of phosphoric acid groups is 1. The largest absolute Gasteiger partial charge is 0.530 e. The van der Waals surface area contributed by atoms with Crippen molar-refractivity contribution in [1.82, 2.24) is 0 Å². The van der Waals surface area contributed by atoms with E-state index in [-0.39, 0.29) is 13.2 Å². The van der Waals surface area contributed by atoms with Crippen LogP contribution in [-0.4, -0.2) is 13.2 Å². The highest BCUT2D eigenvalue weighted by Gasteiger charge is 2.29. The summed E-state index contributed by atoms with van der Waals surface area (Å²) in [6, 6.07) is 4.93. The second kappa shape index (κ2) is 8.06. The molecule has 0 spiro atoms. The van der Waals surface area contributed by atoms with Crippen molar-refractivity contribution in [3.63, 3.8) is 0 Å². The Morgan fingerprint density at radius 3 is 2.30 bits per heavy atom. The van der Waals surface area contributed by atoms with E-state index in [4.69, 9.17) is 36.8 Å². The highest BCUT2D eigenvalue weighted by molar-refractivity contribution is 7.48. The van der Waals surface area contributed by atoms with Crippen molar-refractivity contribution in [2.45, 2.75) is 20.8 Å². The topological polar surface area (TPSA) is 44.8 Å². The number of hydrogen-bond donors (Lipinski definition) is 0. The second-order valence-corrected chi connectivity index (χ2v) is 6.09. The molecule has 0 unspecified atom stereocenters. The highest BCUT2D eigenvalue weighted by atomic mass is 35.5. The predicted octanol–water partition coefficient (Wildman–Crippen LogP) is 5.55. The molecule has 0 amide bonds. The van der Waals surface area contributed by atoms with Crippen LogP contribution in [0.15, 0.2) is 24.3 Å². The zero-order valence-corrected chi connectivity index (χ0v) is 14.0. The van der Waals surface area contributed by atoms with E-state index in [9.17, 15) is 4.57 Å². The van der Waals surface area contributed by atoms with Crippen molar-refractivity contribution in [2.75, 3.05) is 13.2 Å². The Balaban J connectivity index is 3.05. The molecule has 1 rings (SSSR count). The molecule has 20 heavy (non-hydrogen) atoms. The maximum atomic E-state index is 12.4. The molecular weight excluding hydrogens is 322 g/mol. The van der Waals surface area contributed by atoms with Crippen LogP contribution in [0, 0.1) is 0 Å². The van der Waals surface area contributed by atoms with Gasteiger partial charge in [-0.2, -0.15) is 0 Å². The fourth-order valence-corrected chi connectivity index (χ4v) is 3.23. The monoisotopic (exact) mass is 338 g/mol. The van der Waals surface area contributed by atoms with Gasteiger partial charge < -0.3 is 4.52 Å². The molecule has 0 heterocycles. The third-order valence-electron chi connectivity index (χ3n) is 2.24. The molecule has 0 fully saturated rings. The van der Waals surface area contributed by atoms with Crippen LogP contribution in [0.3, 0.4) is 0 Å². The number of halogens is 2. The lowest BCUT2D eigenvalue weighted by atomic mass is 10.2. The van der Waals surface area contributed by atoms with Gasteiger partial charge in [0.05, 0.1) is 18.2 Å². The van der Waals surface area contributed by atoms with Gasteiger partial charge in [0.25, 0.3) is 0 Å². The van der Waals surface area contributed by atoms with Crippen LogP contribution in [0.5, 0.6) is 0 Å². The van der Waals surface area contributed by atoms with Crippen LogP contribution >= 0.6 is 31.0 Å². The van der Waals surface area contributed by atoms with Gasteiger partial charge in [-0.3, -0.25) is 9.05 Å². The molecule has 0 radical (unpaired) electrons. The lowest BCUT2D eigenvalue weighted by Gasteiger charge is -2.19. The third kappa shape index (κ3) is 4.80. The summed E-state index contributed by atoms with van der Waals surface area (Å²) in [7, 11) is -3.65. The maximum absolute atomic E-state index is 12.4. The molecule has 0 aliphatic carbocycles. The van der Waals surface area contributed by atoms with Crippen LogP contribution in [-0.2, 0) is 18.1 Å². The van der Waals surface area contributed by atoms with Crippen LogP contribution in [0.4, 0.5) is 0 Å². The van der Waals surface area contributed by atoms with Gasteiger partial charge in [0, 0.05) is 10.6 Å². The summed E-state index contributed by atoms with van der Waals surface area (Å²) in [6.45, 7) is 5.58. The first-order chi connectivity index (χ1) is 9.45. The van der Waals surface area contributed by atoms with Gasteiger partial charge in [-0.05, 0) is 45.0 Å². The zero-order valence-electron chi connectivity index (χ0n) is 11.6. The summed E-state index contributed by atoms with van der Waals surface area (Å²) in [6.07, 6.45) is 1.64. The predicted molar refractivity (Wildman–Crippen MR) is 82.1 cm³/mol. The van der Waals surface area contributed by atoms with E-state index in [1.165, 1.54) is 0 Å². The summed E-state index contributed by atoms with van der Waals surface area (Å²) in [5.74, 6) is 0.317. The van der Waals surface area contributed by atoms with Crippen LogP contribution < -0.4 is 0 Å². The number of benzene rings is 1. The molecule has 0 bridgehead atoms. The Morgan fingerprint density at radius 2 is 1.85 bits per heavy atom. The van der Waals surface area contributed by atoms with E-state index < -0.39 is 7.82 Å². The molecule has 4 nitrogen and oxygen atoms in total.